The van der Waals surface area contributed by atoms with Crippen molar-refractivity contribution in [2.75, 3.05) is 19.1 Å². The SMILES string of the molecule is COc1ccc(-[n+]2[nH]oc(=O)c2CN(C)C2CC(=O)N(c3ccc(F)cc3)C2=O)cc1. The first-order valence-corrected chi connectivity index (χ1v) is 9.48. The zero-order valence-electron chi connectivity index (χ0n) is 16.9. The minimum Gasteiger partial charge on any atom is -0.497 e. The number of anilines is 1. The standard InChI is InChI=1S/C21H19FN4O5/c1-24(17-11-19(27)25(20(17)28)14-5-3-13(22)4-6-14)12-18-21(29)31-23-26(18)15-7-9-16(30-2)10-8-15/h3-10,17H,11-12H2,1-2H3/p+1. The topological polar surface area (TPSA) is 99.7 Å². The molecule has 0 radical (unpaired) electrons. The first kappa shape index (κ1) is 20.5. The van der Waals surface area contributed by atoms with E-state index in [0.717, 1.165) is 4.90 Å². The number of carbonyl (C=O) groups excluding carboxylic acids is 2. The van der Waals surface area contributed by atoms with Crippen LogP contribution in [-0.2, 0) is 16.1 Å². The first-order valence-electron chi connectivity index (χ1n) is 9.48. The Labute approximate surface area is 176 Å². The third-order valence-electron chi connectivity index (χ3n) is 5.20. The number of halogens is 1. The fraction of sp³-hybridized carbons (Fsp3) is 0.238. The van der Waals surface area contributed by atoms with Gasteiger partial charge < -0.3 is 4.74 Å². The van der Waals surface area contributed by atoms with Crippen LogP contribution in [0.4, 0.5) is 10.1 Å². The lowest BCUT2D eigenvalue weighted by molar-refractivity contribution is -0.678. The van der Waals surface area contributed by atoms with Gasteiger partial charge in [-0.1, -0.05) is 0 Å². The molecule has 3 aromatic rings. The van der Waals surface area contributed by atoms with Crippen molar-refractivity contribution in [2.24, 2.45) is 0 Å². The summed E-state index contributed by atoms with van der Waals surface area (Å²) in [5.74, 6) is -0.629. The number of aromatic amines is 1. The lowest BCUT2D eigenvalue weighted by atomic mass is 10.2. The molecule has 0 spiro atoms. The molecular weight excluding hydrogens is 407 g/mol. The first-order chi connectivity index (χ1) is 14.9. The molecule has 0 saturated carbocycles. The van der Waals surface area contributed by atoms with Crippen molar-refractivity contribution in [2.45, 2.75) is 19.0 Å². The predicted molar refractivity (Wildman–Crippen MR) is 106 cm³/mol. The third-order valence-corrected chi connectivity index (χ3v) is 5.20. The van der Waals surface area contributed by atoms with Crippen LogP contribution in [0.5, 0.6) is 5.75 Å². The second kappa shape index (κ2) is 8.15. The molecule has 10 heteroatoms. The fourth-order valence-corrected chi connectivity index (χ4v) is 3.54. The molecular formula is C21H20FN4O5+. The van der Waals surface area contributed by atoms with Crippen molar-refractivity contribution in [3.05, 3.63) is 70.5 Å². The fourth-order valence-electron chi connectivity index (χ4n) is 3.54. The highest BCUT2D eigenvalue weighted by atomic mass is 19.1. The number of hydrogen-bond donors (Lipinski definition) is 1. The molecule has 1 unspecified atom stereocenters. The Morgan fingerprint density at radius 3 is 2.48 bits per heavy atom. The van der Waals surface area contributed by atoms with Gasteiger partial charge in [0.05, 0.1) is 31.8 Å². The van der Waals surface area contributed by atoms with E-state index >= 15 is 0 Å². The van der Waals surface area contributed by atoms with Gasteiger partial charge in [-0.15, -0.1) is 0 Å². The zero-order valence-corrected chi connectivity index (χ0v) is 16.9. The summed E-state index contributed by atoms with van der Waals surface area (Å²) < 4.78 is 24.8. The maximum Gasteiger partial charge on any atom is 0.431 e. The minimum atomic E-state index is -0.767. The molecule has 2 aromatic carbocycles. The monoisotopic (exact) mass is 427 g/mol. The van der Waals surface area contributed by atoms with Gasteiger partial charge in [-0.05, 0) is 53.4 Å². The number of aromatic nitrogens is 2. The van der Waals surface area contributed by atoms with E-state index in [0.29, 0.717) is 17.1 Å². The highest BCUT2D eigenvalue weighted by molar-refractivity contribution is 6.22. The van der Waals surface area contributed by atoms with E-state index < -0.39 is 29.3 Å². The number of likely N-dealkylation sites (N-methyl/N-ethyl adjacent to an activating group) is 1. The number of rotatable bonds is 6. The summed E-state index contributed by atoms with van der Waals surface area (Å²) in [5.41, 5.74) is 0.613. The summed E-state index contributed by atoms with van der Waals surface area (Å²) in [6.07, 6.45) is -0.0506. The Bertz CT molecular complexity index is 1170. The van der Waals surface area contributed by atoms with Gasteiger partial charge >= 0.3 is 11.3 Å². The summed E-state index contributed by atoms with van der Waals surface area (Å²) in [6, 6.07) is 11.3. The van der Waals surface area contributed by atoms with Gasteiger partial charge in [-0.3, -0.25) is 19.0 Å². The average Bonchev–Trinajstić information content (AvgIpc) is 3.28. The van der Waals surface area contributed by atoms with Crippen LogP contribution in [0.25, 0.3) is 5.69 Å². The number of carbonyl (C=O) groups is 2. The molecule has 1 atom stereocenters. The van der Waals surface area contributed by atoms with Crippen molar-refractivity contribution in [3.8, 4) is 11.4 Å². The maximum absolute atomic E-state index is 13.2. The quantitative estimate of drug-likeness (QED) is 0.468. The molecule has 2 amide bonds. The van der Waals surface area contributed by atoms with Gasteiger partial charge in [0.15, 0.2) is 0 Å². The number of hydrogen-bond acceptors (Lipinski definition) is 6. The molecule has 0 bridgehead atoms. The molecule has 1 aliphatic heterocycles. The van der Waals surface area contributed by atoms with Crippen LogP contribution in [0.3, 0.4) is 0 Å². The largest absolute Gasteiger partial charge is 0.497 e. The van der Waals surface area contributed by atoms with Gasteiger partial charge in [-0.2, -0.15) is 0 Å². The number of imide groups is 1. The van der Waals surface area contributed by atoms with E-state index in [1.54, 1.807) is 43.3 Å². The van der Waals surface area contributed by atoms with Crippen LogP contribution in [0.15, 0.2) is 57.8 Å². The molecule has 4 rings (SSSR count). The molecule has 1 aromatic heterocycles. The van der Waals surface area contributed by atoms with Crippen LogP contribution < -0.4 is 19.9 Å². The van der Waals surface area contributed by atoms with E-state index in [1.807, 2.05) is 0 Å². The number of benzene rings is 2. The number of ether oxygens (including phenoxy) is 1. The van der Waals surface area contributed by atoms with Crippen LogP contribution in [0, 0.1) is 5.82 Å². The second-order valence-electron chi connectivity index (χ2n) is 7.14. The minimum absolute atomic E-state index is 0.0506. The number of nitrogens with zero attached hydrogens (tertiary/aromatic N) is 3. The maximum atomic E-state index is 13.2. The van der Waals surface area contributed by atoms with Gasteiger partial charge in [-0.25, -0.2) is 14.1 Å². The number of H-pyrrole nitrogens is 1. The molecule has 1 N–H and O–H groups in total. The zero-order chi connectivity index (χ0) is 22.1. The highest BCUT2D eigenvalue weighted by Gasteiger charge is 2.43. The summed E-state index contributed by atoms with van der Waals surface area (Å²) in [6.45, 7) is 0.0544. The Kier molecular flexibility index (Phi) is 5.38. The molecule has 160 valence electrons. The Morgan fingerprint density at radius 1 is 1.16 bits per heavy atom. The molecule has 9 nitrogen and oxygen atoms in total. The van der Waals surface area contributed by atoms with E-state index in [1.165, 1.54) is 28.9 Å². The molecule has 1 saturated heterocycles. The van der Waals surface area contributed by atoms with Crippen molar-refractivity contribution in [1.82, 2.24) is 10.2 Å². The normalized spacial score (nSPS) is 16.4. The Hall–Kier alpha value is -3.79. The van der Waals surface area contributed by atoms with Gasteiger partial charge in [0.1, 0.15) is 11.6 Å². The van der Waals surface area contributed by atoms with Crippen molar-refractivity contribution < 1.29 is 27.9 Å². The van der Waals surface area contributed by atoms with E-state index in [2.05, 4.69) is 5.27 Å². The van der Waals surface area contributed by atoms with Crippen LogP contribution >= 0.6 is 0 Å². The van der Waals surface area contributed by atoms with Gasteiger partial charge in [0.2, 0.25) is 11.6 Å². The smallest absolute Gasteiger partial charge is 0.431 e. The number of amides is 2. The van der Waals surface area contributed by atoms with E-state index in [9.17, 15) is 18.8 Å². The lowest BCUT2D eigenvalue weighted by Gasteiger charge is -2.20. The third kappa shape index (κ3) is 3.84. The molecule has 1 fully saturated rings. The lowest BCUT2D eigenvalue weighted by Crippen LogP contribution is -2.45. The second-order valence-corrected chi connectivity index (χ2v) is 7.14. The molecule has 0 aliphatic carbocycles. The van der Waals surface area contributed by atoms with Crippen LogP contribution in [-0.4, -0.2) is 42.2 Å². The Morgan fingerprint density at radius 2 is 1.84 bits per heavy atom. The van der Waals surface area contributed by atoms with E-state index in [4.69, 9.17) is 9.26 Å². The van der Waals surface area contributed by atoms with Crippen molar-refractivity contribution in [3.63, 3.8) is 0 Å². The van der Waals surface area contributed by atoms with Gasteiger partial charge in [0, 0.05) is 12.1 Å². The van der Waals surface area contributed by atoms with Gasteiger partial charge in [0.25, 0.3) is 5.91 Å². The average molecular weight is 427 g/mol. The predicted octanol–water partition coefficient (Wildman–Crippen LogP) is 1.16. The molecule has 1 aliphatic rings. The summed E-state index contributed by atoms with van der Waals surface area (Å²) in [7, 11) is 3.20. The number of nitrogens with one attached hydrogen (secondary N) is 1. The Balaban J connectivity index is 1.56. The summed E-state index contributed by atoms with van der Waals surface area (Å²) in [5, 5.41) is 2.55. The summed E-state index contributed by atoms with van der Waals surface area (Å²) >= 11 is 0. The van der Waals surface area contributed by atoms with Crippen LogP contribution in [0.1, 0.15) is 12.1 Å². The molecule has 2 heterocycles. The number of methoxy groups -OCH3 is 1. The van der Waals surface area contributed by atoms with Crippen molar-refractivity contribution >= 4 is 17.5 Å². The van der Waals surface area contributed by atoms with E-state index in [-0.39, 0.29) is 18.7 Å². The van der Waals surface area contributed by atoms with Crippen LogP contribution in [0.2, 0.25) is 0 Å². The summed E-state index contributed by atoms with van der Waals surface area (Å²) in [4.78, 5) is 40.3. The van der Waals surface area contributed by atoms with Crippen molar-refractivity contribution in [1.29, 1.82) is 0 Å². The molecule has 31 heavy (non-hydrogen) atoms. The highest BCUT2D eigenvalue weighted by Crippen LogP contribution is 2.25.